The quantitative estimate of drug-likeness (QED) is 0.580. The molecule has 2 N–H and O–H groups in total. The van der Waals surface area contributed by atoms with Crippen molar-refractivity contribution >= 4 is 0 Å². The Bertz CT molecular complexity index is 60.5. The predicted octanol–water partition coefficient (Wildman–Crippen LogP) is 0.811. The van der Waals surface area contributed by atoms with Crippen molar-refractivity contribution in [3.63, 3.8) is 0 Å². The van der Waals surface area contributed by atoms with Crippen LogP contribution in [0.4, 0.5) is 0 Å². The molecule has 0 spiro atoms. The smallest absolute Gasteiger partial charge is 0.0698 e. The molecule has 0 aliphatic heterocycles. The van der Waals surface area contributed by atoms with Crippen LogP contribution < -0.4 is 0 Å². The van der Waals surface area contributed by atoms with Gasteiger partial charge in [0.2, 0.25) is 0 Å². The van der Waals surface area contributed by atoms with Crippen molar-refractivity contribution in [2.45, 2.75) is 26.7 Å². The Morgan fingerprint density at radius 1 is 0.857 bits per heavy atom. The van der Waals surface area contributed by atoms with Crippen molar-refractivity contribution in [2.24, 2.45) is 0 Å². The molecule has 4 nitrogen and oxygen atoms in total. The molecular formula is C10H24O4. The van der Waals surface area contributed by atoms with Crippen LogP contribution in [-0.4, -0.2) is 49.9 Å². The van der Waals surface area contributed by atoms with Crippen molar-refractivity contribution in [3.05, 3.63) is 0 Å². The monoisotopic (exact) mass is 208 g/mol. The van der Waals surface area contributed by atoms with Crippen LogP contribution in [0.15, 0.2) is 0 Å². The normalized spacial score (nSPS) is 9.43. The van der Waals surface area contributed by atoms with Gasteiger partial charge in [-0.3, -0.25) is 0 Å². The molecule has 0 aliphatic carbocycles. The molecule has 0 heterocycles. The fourth-order valence-corrected chi connectivity index (χ4v) is 0.622. The molecule has 0 saturated heterocycles. The second-order valence-corrected chi connectivity index (χ2v) is 2.61. The summed E-state index contributed by atoms with van der Waals surface area (Å²) in [6, 6.07) is 0. The molecule has 0 unspecified atom stereocenters. The lowest BCUT2D eigenvalue weighted by Gasteiger charge is -1.94. The van der Waals surface area contributed by atoms with E-state index in [0.717, 1.165) is 13.2 Å². The summed E-state index contributed by atoms with van der Waals surface area (Å²) in [5.74, 6) is 0. The number of hydrogen-bond donors (Lipinski definition) is 2. The van der Waals surface area contributed by atoms with Gasteiger partial charge in [0.1, 0.15) is 0 Å². The van der Waals surface area contributed by atoms with Gasteiger partial charge in [-0.2, -0.15) is 0 Å². The maximum atomic E-state index is 8.09. The highest BCUT2D eigenvalue weighted by molar-refractivity contribution is 4.28. The number of unbranched alkanes of at least 4 members (excludes halogenated alkanes) is 1. The van der Waals surface area contributed by atoms with E-state index in [1.807, 2.05) is 6.92 Å². The van der Waals surface area contributed by atoms with Crippen molar-refractivity contribution in [3.8, 4) is 0 Å². The summed E-state index contributed by atoms with van der Waals surface area (Å²) in [7, 11) is 0. The molecule has 0 rings (SSSR count). The maximum absolute atomic E-state index is 8.09. The Kier molecular flexibility index (Phi) is 21.6. The van der Waals surface area contributed by atoms with Crippen molar-refractivity contribution < 1.29 is 19.7 Å². The summed E-state index contributed by atoms with van der Waals surface area (Å²) in [5, 5.41) is 16.2. The molecular weight excluding hydrogens is 184 g/mol. The van der Waals surface area contributed by atoms with Crippen LogP contribution in [0.1, 0.15) is 26.7 Å². The number of ether oxygens (including phenoxy) is 2. The number of rotatable bonds is 8. The zero-order valence-electron chi connectivity index (χ0n) is 9.37. The molecule has 0 bridgehead atoms. The van der Waals surface area contributed by atoms with E-state index in [-0.39, 0.29) is 13.2 Å². The van der Waals surface area contributed by atoms with E-state index >= 15 is 0 Å². The maximum Gasteiger partial charge on any atom is 0.0698 e. The lowest BCUT2D eigenvalue weighted by Crippen LogP contribution is -2.03. The summed E-state index contributed by atoms with van der Waals surface area (Å²) in [6.07, 6.45) is 2.44. The Balaban J connectivity index is 0. The minimum atomic E-state index is 0.0278. The minimum absolute atomic E-state index is 0.0278. The van der Waals surface area contributed by atoms with Crippen LogP contribution in [0.5, 0.6) is 0 Å². The van der Waals surface area contributed by atoms with Crippen LogP contribution in [0, 0.1) is 0 Å². The van der Waals surface area contributed by atoms with E-state index in [0.29, 0.717) is 13.2 Å². The second-order valence-electron chi connectivity index (χ2n) is 2.61. The third-order valence-corrected chi connectivity index (χ3v) is 1.32. The Hall–Kier alpha value is -0.160. The molecule has 0 aromatic heterocycles. The first-order chi connectivity index (χ1) is 6.83. The van der Waals surface area contributed by atoms with E-state index in [4.69, 9.17) is 14.9 Å². The summed E-state index contributed by atoms with van der Waals surface area (Å²) in [6.45, 7) is 6.68. The van der Waals surface area contributed by atoms with Gasteiger partial charge in [-0.1, -0.05) is 13.3 Å². The van der Waals surface area contributed by atoms with Gasteiger partial charge in [-0.15, -0.1) is 0 Å². The third kappa shape index (κ3) is 22.6. The average molecular weight is 208 g/mol. The standard InChI is InChI=1S/C6H14O.C4H10O3/c1-3-5-6-7-4-2;5-1-3-7-4-2-6/h3-6H2,1-2H3;5-6H,1-4H2. The zero-order chi connectivity index (χ0) is 11.1. The number of aliphatic hydroxyl groups excluding tert-OH is 2. The van der Waals surface area contributed by atoms with Crippen molar-refractivity contribution in [1.82, 2.24) is 0 Å². The molecule has 0 radical (unpaired) electrons. The molecule has 0 aliphatic rings. The van der Waals surface area contributed by atoms with Gasteiger partial charge in [0.05, 0.1) is 26.4 Å². The van der Waals surface area contributed by atoms with Gasteiger partial charge in [-0.25, -0.2) is 0 Å². The number of hydrogen-bond acceptors (Lipinski definition) is 4. The van der Waals surface area contributed by atoms with Crippen LogP contribution >= 0.6 is 0 Å². The van der Waals surface area contributed by atoms with Crippen molar-refractivity contribution in [1.29, 1.82) is 0 Å². The van der Waals surface area contributed by atoms with Gasteiger partial charge < -0.3 is 19.7 Å². The molecule has 0 amide bonds. The SMILES string of the molecule is CCCCOCC.OCCOCCO. The van der Waals surface area contributed by atoms with E-state index in [1.54, 1.807) is 0 Å². The van der Waals surface area contributed by atoms with E-state index in [2.05, 4.69) is 11.7 Å². The summed E-state index contributed by atoms with van der Waals surface area (Å²) < 4.78 is 9.71. The predicted molar refractivity (Wildman–Crippen MR) is 56.4 cm³/mol. The molecule has 4 heteroatoms. The first-order valence-electron chi connectivity index (χ1n) is 5.20. The largest absolute Gasteiger partial charge is 0.394 e. The summed E-state index contributed by atoms with van der Waals surface area (Å²) in [4.78, 5) is 0. The van der Waals surface area contributed by atoms with E-state index < -0.39 is 0 Å². The van der Waals surface area contributed by atoms with Crippen LogP contribution in [0.2, 0.25) is 0 Å². The van der Waals surface area contributed by atoms with Gasteiger partial charge in [-0.05, 0) is 13.3 Å². The highest BCUT2D eigenvalue weighted by Crippen LogP contribution is 1.85. The fourth-order valence-electron chi connectivity index (χ4n) is 0.622. The average Bonchev–Trinajstić information content (AvgIpc) is 2.21. The number of aliphatic hydroxyl groups is 2. The second kappa shape index (κ2) is 18.6. The molecule has 0 aromatic carbocycles. The topological polar surface area (TPSA) is 58.9 Å². The van der Waals surface area contributed by atoms with Gasteiger partial charge in [0.15, 0.2) is 0 Å². The molecule has 14 heavy (non-hydrogen) atoms. The summed E-state index contributed by atoms with van der Waals surface area (Å²) in [5.41, 5.74) is 0. The Labute approximate surface area is 86.8 Å². The van der Waals surface area contributed by atoms with Crippen LogP contribution in [0.3, 0.4) is 0 Å². The lowest BCUT2D eigenvalue weighted by atomic mass is 10.4. The molecule has 0 atom stereocenters. The Morgan fingerprint density at radius 2 is 1.43 bits per heavy atom. The first kappa shape index (κ1) is 16.3. The molecule has 0 fully saturated rings. The van der Waals surface area contributed by atoms with Gasteiger partial charge in [0.25, 0.3) is 0 Å². The minimum Gasteiger partial charge on any atom is -0.394 e. The van der Waals surface area contributed by atoms with E-state index in [9.17, 15) is 0 Å². The molecule has 0 saturated carbocycles. The zero-order valence-corrected chi connectivity index (χ0v) is 9.37. The van der Waals surface area contributed by atoms with Gasteiger partial charge >= 0.3 is 0 Å². The highest BCUT2D eigenvalue weighted by Gasteiger charge is 1.79. The molecule has 88 valence electrons. The highest BCUT2D eigenvalue weighted by atomic mass is 16.5. The summed E-state index contributed by atoms with van der Waals surface area (Å²) >= 11 is 0. The van der Waals surface area contributed by atoms with Crippen molar-refractivity contribution in [2.75, 3.05) is 39.6 Å². The fraction of sp³-hybridized carbons (Fsp3) is 1.00. The third-order valence-electron chi connectivity index (χ3n) is 1.32. The first-order valence-corrected chi connectivity index (χ1v) is 5.20. The Morgan fingerprint density at radius 3 is 1.79 bits per heavy atom. The van der Waals surface area contributed by atoms with Crippen LogP contribution in [0.25, 0.3) is 0 Å². The molecule has 0 aromatic rings. The lowest BCUT2D eigenvalue weighted by molar-refractivity contribution is 0.0650. The van der Waals surface area contributed by atoms with E-state index in [1.165, 1.54) is 12.8 Å². The van der Waals surface area contributed by atoms with Gasteiger partial charge in [0, 0.05) is 13.2 Å². The van der Waals surface area contributed by atoms with Crippen LogP contribution in [-0.2, 0) is 9.47 Å².